The summed E-state index contributed by atoms with van der Waals surface area (Å²) in [4.78, 5) is 48.3. The second-order valence-electron chi connectivity index (χ2n) is 7.97. The number of carbonyl (C=O) groups is 2. The van der Waals surface area contributed by atoms with Crippen molar-refractivity contribution < 1.29 is 28.9 Å². The van der Waals surface area contributed by atoms with Gasteiger partial charge in [-0.25, -0.2) is 0 Å². The Bertz CT molecular complexity index is 1610. The zero-order valence-electron chi connectivity index (χ0n) is 20.3. The number of halogens is 2. The lowest BCUT2D eigenvalue weighted by Gasteiger charge is -2.29. The average molecular weight is 695 g/mol. The molecule has 1 heterocycles. The van der Waals surface area contributed by atoms with Crippen molar-refractivity contribution in [1.29, 1.82) is 0 Å². The standard InChI is InChI=1S/C25H16ClIN4O8S/c1-2-38-21-11-13(9-17-23(32)28-25(40)29(24(17)33)15-5-3-14(26)4-6-15)10-18(27)22(21)39-20-8-7-16(30(34)35)12-19(20)31(36)37/h3-12H,2H2,1H3,(H,28,32,40)/b17-9+. The van der Waals surface area contributed by atoms with Crippen molar-refractivity contribution in [3.8, 4) is 17.2 Å². The van der Waals surface area contributed by atoms with E-state index in [1.165, 1.54) is 17.0 Å². The van der Waals surface area contributed by atoms with Gasteiger partial charge in [0.05, 0.1) is 31.8 Å². The molecule has 15 heteroatoms. The van der Waals surface area contributed by atoms with Crippen LogP contribution in [0.2, 0.25) is 5.02 Å². The SMILES string of the molecule is CCOc1cc(/C=C2\C(=O)NC(=S)N(c3ccc(Cl)cc3)C2=O)cc(I)c1Oc1ccc([N+](=O)[O-])cc1[N+](=O)[O-]. The fraction of sp³-hybridized carbons (Fsp3) is 0.0800. The molecule has 40 heavy (non-hydrogen) atoms. The van der Waals surface area contributed by atoms with Crippen molar-refractivity contribution in [1.82, 2.24) is 5.32 Å². The maximum atomic E-state index is 13.3. The monoisotopic (exact) mass is 694 g/mol. The second-order valence-corrected chi connectivity index (χ2v) is 9.95. The van der Waals surface area contributed by atoms with Gasteiger partial charge in [0, 0.05) is 11.1 Å². The lowest BCUT2D eigenvalue weighted by atomic mass is 10.1. The Morgan fingerprint density at radius 3 is 2.38 bits per heavy atom. The summed E-state index contributed by atoms with van der Waals surface area (Å²) in [6.45, 7) is 1.89. The van der Waals surface area contributed by atoms with Gasteiger partial charge >= 0.3 is 5.69 Å². The lowest BCUT2D eigenvalue weighted by Crippen LogP contribution is -2.54. The maximum absolute atomic E-state index is 13.3. The molecule has 1 saturated heterocycles. The number of hydrogen-bond acceptors (Lipinski definition) is 9. The van der Waals surface area contributed by atoms with E-state index in [1.807, 2.05) is 22.6 Å². The van der Waals surface area contributed by atoms with Crippen LogP contribution in [0.5, 0.6) is 17.2 Å². The van der Waals surface area contributed by atoms with Crippen LogP contribution in [0.15, 0.2) is 60.2 Å². The predicted molar refractivity (Wildman–Crippen MR) is 158 cm³/mol. The molecule has 0 saturated carbocycles. The number of anilines is 1. The van der Waals surface area contributed by atoms with Crippen LogP contribution in [0.1, 0.15) is 12.5 Å². The van der Waals surface area contributed by atoms with Crippen LogP contribution in [-0.2, 0) is 9.59 Å². The molecule has 204 valence electrons. The van der Waals surface area contributed by atoms with Gasteiger partial charge in [-0.2, -0.15) is 0 Å². The molecule has 3 aromatic rings. The number of non-ortho nitro benzene ring substituents is 1. The van der Waals surface area contributed by atoms with Crippen molar-refractivity contribution in [2.75, 3.05) is 11.5 Å². The third kappa shape index (κ3) is 6.03. The largest absolute Gasteiger partial charge is 0.490 e. The first-order valence-electron chi connectivity index (χ1n) is 11.2. The Balaban J connectivity index is 1.74. The van der Waals surface area contributed by atoms with Crippen molar-refractivity contribution in [2.24, 2.45) is 0 Å². The van der Waals surface area contributed by atoms with E-state index >= 15 is 0 Å². The number of nitro benzene ring substituents is 2. The van der Waals surface area contributed by atoms with Gasteiger partial charge in [0.15, 0.2) is 16.6 Å². The number of benzene rings is 3. The minimum Gasteiger partial charge on any atom is -0.490 e. The number of rotatable bonds is 8. The molecule has 0 radical (unpaired) electrons. The Labute approximate surface area is 249 Å². The van der Waals surface area contributed by atoms with Crippen molar-refractivity contribution in [3.05, 3.63) is 94.6 Å². The van der Waals surface area contributed by atoms with E-state index in [0.29, 0.717) is 19.8 Å². The summed E-state index contributed by atoms with van der Waals surface area (Å²) in [5.41, 5.74) is -0.491. The molecule has 0 unspecified atom stereocenters. The van der Waals surface area contributed by atoms with E-state index in [0.717, 1.165) is 18.2 Å². The van der Waals surface area contributed by atoms with Crippen LogP contribution in [0.25, 0.3) is 6.08 Å². The van der Waals surface area contributed by atoms with Gasteiger partial charge in [-0.15, -0.1) is 0 Å². The van der Waals surface area contributed by atoms with Crippen LogP contribution < -0.4 is 19.7 Å². The van der Waals surface area contributed by atoms with Gasteiger partial charge in [-0.3, -0.25) is 40.0 Å². The van der Waals surface area contributed by atoms with E-state index in [-0.39, 0.29) is 34.5 Å². The normalized spacial score (nSPS) is 14.2. The van der Waals surface area contributed by atoms with Gasteiger partial charge in [-0.05, 0) is 95.8 Å². The van der Waals surface area contributed by atoms with E-state index in [2.05, 4.69) is 5.32 Å². The average Bonchev–Trinajstić information content (AvgIpc) is 2.89. The number of nitro groups is 2. The number of nitrogens with zero attached hydrogens (tertiary/aromatic N) is 3. The van der Waals surface area contributed by atoms with E-state index in [1.54, 1.807) is 37.3 Å². The van der Waals surface area contributed by atoms with Gasteiger partial charge in [0.25, 0.3) is 17.5 Å². The van der Waals surface area contributed by atoms with Crippen LogP contribution >= 0.6 is 46.4 Å². The van der Waals surface area contributed by atoms with Gasteiger partial charge in [0.2, 0.25) is 5.75 Å². The van der Waals surface area contributed by atoms with Gasteiger partial charge < -0.3 is 9.47 Å². The molecular formula is C25H16ClIN4O8S. The Morgan fingerprint density at radius 2 is 1.75 bits per heavy atom. The molecule has 3 aromatic carbocycles. The zero-order chi connectivity index (χ0) is 29.1. The number of nitrogens with one attached hydrogen (secondary N) is 1. The predicted octanol–water partition coefficient (Wildman–Crippen LogP) is 5.78. The summed E-state index contributed by atoms with van der Waals surface area (Å²) in [6, 6.07) is 12.4. The molecule has 1 aliphatic rings. The topological polar surface area (TPSA) is 154 Å². The van der Waals surface area contributed by atoms with Gasteiger partial charge in [0.1, 0.15) is 5.57 Å². The maximum Gasteiger partial charge on any atom is 0.318 e. The second kappa shape index (κ2) is 11.9. The highest BCUT2D eigenvalue weighted by Crippen LogP contribution is 2.42. The van der Waals surface area contributed by atoms with Crippen LogP contribution in [0, 0.1) is 23.8 Å². The number of amides is 2. The highest BCUT2D eigenvalue weighted by atomic mass is 127. The van der Waals surface area contributed by atoms with Crippen molar-refractivity contribution in [2.45, 2.75) is 6.92 Å². The first kappa shape index (κ1) is 28.8. The Kier molecular flexibility index (Phi) is 8.61. The fourth-order valence-corrected chi connectivity index (χ4v) is 4.78. The minimum atomic E-state index is -0.793. The summed E-state index contributed by atoms with van der Waals surface area (Å²) in [6.07, 6.45) is 1.35. The van der Waals surface area contributed by atoms with Crippen molar-refractivity contribution in [3.63, 3.8) is 0 Å². The fourth-order valence-electron chi connectivity index (χ4n) is 3.64. The molecular weight excluding hydrogens is 679 g/mol. The summed E-state index contributed by atoms with van der Waals surface area (Å²) < 4.78 is 11.9. The highest BCUT2D eigenvalue weighted by Gasteiger charge is 2.34. The molecule has 0 bridgehead atoms. The number of thiocarbonyl (C=S) groups is 1. The van der Waals surface area contributed by atoms with E-state index in [4.69, 9.17) is 33.3 Å². The first-order valence-corrected chi connectivity index (χ1v) is 13.1. The van der Waals surface area contributed by atoms with Crippen LogP contribution in [-0.4, -0.2) is 33.4 Å². The molecule has 12 nitrogen and oxygen atoms in total. The first-order chi connectivity index (χ1) is 19.0. The number of hydrogen-bond donors (Lipinski definition) is 1. The van der Waals surface area contributed by atoms with Crippen LogP contribution in [0.3, 0.4) is 0 Å². The lowest BCUT2D eigenvalue weighted by molar-refractivity contribution is -0.394. The summed E-state index contributed by atoms with van der Waals surface area (Å²) in [5.74, 6) is -1.34. The minimum absolute atomic E-state index is 0.0903. The molecule has 0 aromatic heterocycles. The van der Waals surface area contributed by atoms with Gasteiger partial charge in [-0.1, -0.05) is 11.6 Å². The zero-order valence-corrected chi connectivity index (χ0v) is 24.0. The molecule has 0 aliphatic carbocycles. The number of carbonyl (C=O) groups excluding carboxylic acids is 2. The molecule has 0 spiro atoms. The summed E-state index contributed by atoms with van der Waals surface area (Å²) in [5, 5.41) is 25.5. The molecule has 0 atom stereocenters. The summed E-state index contributed by atoms with van der Waals surface area (Å²) >= 11 is 13.1. The quantitative estimate of drug-likeness (QED) is 0.0772. The molecule has 1 N–H and O–H groups in total. The van der Waals surface area contributed by atoms with Crippen LogP contribution in [0.4, 0.5) is 17.1 Å². The van der Waals surface area contributed by atoms with E-state index in [9.17, 15) is 29.8 Å². The molecule has 2 amide bonds. The molecule has 1 fully saturated rings. The number of ether oxygens (including phenoxy) is 2. The van der Waals surface area contributed by atoms with E-state index < -0.39 is 33.0 Å². The third-order valence-electron chi connectivity index (χ3n) is 5.39. The molecule has 1 aliphatic heterocycles. The Morgan fingerprint density at radius 1 is 1.05 bits per heavy atom. The summed E-state index contributed by atoms with van der Waals surface area (Å²) in [7, 11) is 0. The van der Waals surface area contributed by atoms with Crippen molar-refractivity contribution >= 4 is 86.5 Å². The highest BCUT2D eigenvalue weighted by molar-refractivity contribution is 14.1. The smallest absolute Gasteiger partial charge is 0.318 e. The Hall–Kier alpha value is -4.15. The third-order valence-corrected chi connectivity index (χ3v) is 6.73. The molecule has 4 rings (SSSR count).